The number of fused-ring (bicyclic) bond motifs is 1. The SMILES string of the molecule is N#CC1c2cccc(C(F)(F)F)c2C(=O)N1CC(=O)O. The van der Waals surface area contributed by atoms with E-state index >= 15 is 0 Å². The van der Waals surface area contributed by atoms with E-state index in [9.17, 15) is 22.8 Å². The average molecular weight is 284 g/mol. The zero-order chi connectivity index (χ0) is 15.1. The van der Waals surface area contributed by atoms with Crippen LogP contribution in [-0.2, 0) is 11.0 Å². The zero-order valence-corrected chi connectivity index (χ0v) is 9.81. The molecular weight excluding hydrogens is 277 g/mol. The van der Waals surface area contributed by atoms with Gasteiger partial charge in [0.1, 0.15) is 12.6 Å². The maximum atomic E-state index is 12.9. The van der Waals surface area contributed by atoms with Gasteiger partial charge in [-0.3, -0.25) is 9.59 Å². The van der Waals surface area contributed by atoms with E-state index in [0.29, 0.717) is 4.90 Å². The molecule has 0 radical (unpaired) electrons. The van der Waals surface area contributed by atoms with Crippen molar-refractivity contribution in [3.63, 3.8) is 0 Å². The van der Waals surface area contributed by atoms with E-state index in [1.165, 1.54) is 6.07 Å². The predicted molar refractivity (Wildman–Crippen MR) is 58.5 cm³/mol. The molecule has 0 spiro atoms. The first-order valence-electron chi connectivity index (χ1n) is 5.40. The molecule has 1 aromatic carbocycles. The van der Waals surface area contributed by atoms with Gasteiger partial charge in [-0.15, -0.1) is 0 Å². The monoisotopic (exact) mass is 284 g/mol. The molecule has 1 unspecified atom stereocenters. The van der Waals surface area contributed by atoms with Crippen molar-refractivity contribution in [2.45, 2.75) is 12.2 Å². The molecule has 0 fully saturated rings. The van der Waals surface area contributed by atoms with E-state index in [2.05, 4.69) is 0 Å². The molecule has 20 heavy (non-hydrogen) atoms. The lowest BCUT2D eigenvalue weighted by Crippen LogP contribution is -2.33. The highest BCUT2D eigenvalue weighted by Gasteiger charge is 2.45. The first-order chi connectivity index (χ1) is 9.27. The molecule has 1 aliphatic rings. The molecule has 1 N–H and O–H groups in total. The van der Waals surface area contributed by atoms with Crippen LogP contribution in [0.25, 0.3) is 0 Å². The van der Waals surface area contributed by atoms with Crippen LogP contribution < -0.4 is 0 Å². The first kappa shape index (κ1) is 13.9. The molecule has 104 valence electrons. The van der Waals surface area contributed by atoms with Gasteiger partial charge in [0, 0.05) is 5.56 Å². The average Bonchev–Trinajstić information content (AvgIpc) is 2.61. The number of halogens is 3. The van der Waals surface area contributed by atoms with Gasteiger partial charge in [-0.25, -0.2) is 0 Å². The second kappa shape index (κ2) is 4.52. The van der Waals surface area contributed by atoms with E-state index in [4.69, 9.17) is 10.4 Å². The summed E-state index contributed by atoms with van der Waals surface area (Å²) in [6.07, 6.45) is -4.75. The minimum absolute atomic E-state index is 0.117. The number of carboxylic acid groups (broad SMARTS) is 1. The van der Waals surface area contributed by atoms with Gasteiger partial charge in [0.15, 0.2) is 0 Å². The largest absolute Gasteiger partial charge is 0.480 e. The van der Waals surface area contributed by atoms with Crippen molar-refractivity contribution in [3.8, 4) is 6.07 Å². The molecule has 2 rings (SSSR count). The fourth-order valence-electron chi connectivity index (χ4n) is 2.15. The van der Waals surface area contributed by atoms with E-state index in [0.717, 1.165) is 12.1 Å². The second-order valence-corrected chi connectivity index (χ2v) is 4.13. The van der Waals surface area contributed by atoms with Gasteiger partial charge >= 0.3 is 12.1 Å². The summed E-state index contributed by atoms with van der Waals surface area (Å²) in [5.41, 5.74) is -1.92. The zero-order valence-electron chi connectivity index (χ0n) is 9.81. The third kappa shape index (κ3) is 2.07. The Morgan fingerprint density at radius 3 is 2.60 bits per heavy atom. The Morgan fingerprint density at radius 1 is 1.45 bits per heavy atom. The number of carboxylic acids is 1. The number of hydrogen-bond acceptors (Lipinski definition) is 3. The summed E-state index contributed by atoms with van der Waals surface area (Å²) in [4.78, 5) is 23.3. The van der Waals surface area contributed by atoms with Crippen molar-refractivity contribution in [3.05, 3.63) is 34.9 Å². The van der Waals surface area contributed by atoms with Crippen molar-refractivity contribution in [2.24, 2.45) is 0 Å². The molecule has 0 aliphatic carbocycles. The van der Waals surface area contributed by atoms with Gasteiger partial charge in [-0.1, -0.05) is 12.1 Å². The molecule has 0 saturated carbocycles. The number of nitrogens with zero attached hydrogens (tertiary/aromatic N) is 2. The molecule has 0 bridgehead atoms. The first-order valence-corrected chi connectivity index (χ1v) is 5.40. The Bertz CT molecular complexity index is 634. The molecule has 5 nitrogen and oxygen atoms in total. The lowest BCUT2D eigenvalue weighted by Gasteiger charge is -2.17. The van der Waals surface area contributed by atoms with E-state index in [-0.39, 0.29) is 5.56 Å². The van der Waals surface area contributed by atoms with E-state index in [1.807, 2.05) is 0 Å². The van der Waals surface area contributed by atoms with Crippen molar-refractivity contribution >= 4 is 11.9 Å². The third-order valence-electron chi connectivity index (χ3n) is 2.91. The van der Waals surface area contributed by atoms with Crippen molar-refractivity contribution in [1.82, 2.24) is 4.90 Å². The van der Waals surface area contributed by atoms with Crippen LogP contribution in [0.5, 0.6) is 0 Å². The molecule has 1 aromatic rings. The lowest BCUT2D eigenvalue weighted by molar-refractivity contribution is -0.138. The van der Waals surface area contributed by atoms with Crippen LogP contribution in [0, 0.1) is 11.3 Å². The van der Waals surface area contributed by atoms with Gasteiger partial charge in [-0.2, -0.15) is 18.4 Å². The Labute approximate surface area is 110 Å². The summed E-state index contributed by atoms with van der Waals surface area (Å²) < 4.78 is 38.6. The number of aliphatic carboxylic acids is 1. The molecule has 1 aliphatic heterocycles. The molecule has 1 amide bonds. The fourth-order valence-corrected chi connectivity index (χ4v) is 2.15. The van der Waals surface area contributed by atoms with Crippen LogP contribution in [-0.4, -0.2) is 28.4 Å². The van der Waals surface area contributed by atoms with Crippen molar-refractivity contribution < 1.29 is 27.9 Å². The van der Waals surface area contributed by atoms with Gasteiger partial charge in [0.05, 0.1) is 17.2 Å². The summed E-state index contributed by atoms with van der Waals surface area (Å²) in [7, 11) is 0. The normalized spacial score (nSPS) is 17.8. The van der Waals surface area contributed by atoms with Crippen molar-refractivity contribution in [1.29, 1.82) is 5.26 Å². The number of amides is 1. The van der Waals surface area contributed by atoms with Gasteiger partial charge < -0.3 is 10.0 Å². The smallest absolute Gasteiger partial charge is 0.417 e. The number of benzene rings is 1. The van der Waals surface area contributed by atoms with Crippen LogP contribution in [0.3, 0.4) is 0 Å². The Kier molecular flexibility index (Phi) is 3.13. The van der Waals surface area contributed by atoms with Crippen LogP contribution in [0.2, 0.25) is 0 Å². The number of rotatable bonds is 2. The van der Waals surface area contributed by atoms with E-state index in [1.54, 1.807) is 6.07 Å². The highest BCUT2D eigenvalue weighted by Crippen LogP contribution is 2.41. The number of nitriles is 1. The number of alkyl halides is 3. The van der Waals surface area contributed by atoms with Crippen LogP contribution in [0.1, 0.15) is 27.5 Å². The number of carbonyl (C=O) groups excluding carboxylic acids is 1. The van der Waals surface area contributed by atoms with Gasteiger partial charge in [-0.05, 0) is 6.07 Å². The van der Waals surface area contributed by atoms with Crippen LogP contribution in [0.4, 0.5) is 13.2 Å². The molecular formula is C12H7F3N2O3. The summed E-state index contributed by atoms with van der Waals surface area (Å²) in [5.74, 6) is -2.50. The van der Waals surface area contributed by atoms with E-state index < -0.39 is 41.8 Å². The summed E-state index contributed by atoms with van der Waals surface area (Å²) in [6.45, 7) is -0.830. The van der Waals surface area contributed by atoms with Crippen LogP contribution in [0.15, 0.2) is 18.2 Å². The standard InChI is InChI=1S/C12H7F3N2O3/c13-12(14,15)7-3-1-2-6-8(4-16)17(5-9(18)19)11(20)10(6)7/h1-3,8H,5H2,(H,18,19). The minimum Gasteiger partial charge on any atom is -0.480 e. The minimum atomic E-state index is -4.75. The maximum Gasteiger partial charge on any atom is 0.417 e. The van der Waals surface area contributed by atoms with Gasteiger partial charge in [0.2, 0.25) is 0 Å². The fraction of sp³-hybridized carbons (Fsp3) is 0.250. The summed E-state index contributed by atoms with van der Waals surface area (Å²) in [6, 6.07) is 3.37. The molecule has 1 atom stereocenters. The molecule has 1 heterocycles. The Morgan fingerprint density at radius 2 is 2.10 bits per heavy atom. The molecule has 0 aromatic heterocycles. The highest BCUT2D eigenvalue weighted by molar-refractivity contribution is 6.02. The highest BCUT2D eigenvalue weighted by atomic mass is 19.4. The number of hydrogen-bond donors (Lipinski definition) is 1. The summed E-state index contributed by atoms with van der Waals surface area (Å²) in [5, 5.41) is 17.7. The molecule has 8 heteroatoms. The summed E-state index contributed by atoms with van der Waals surface area (Å²) >= 11 is 0. The Hall–Kier alpha value is -2.56. The maximum absolute atomic E-state index is 12.9. The van der Waals surface area contributed by atoms with Gasteiger partial charge in [0.25, 0.3) is 5.91 Å². The Balaban J connectivity index is 2.60. The lowest BCUT2D eigenvalue weighted by atomic mass is 10.00. The van der Waals surface area contributed by atoms with Crippen LogP contribution >= 0.6 is 0 Å². The third-order valence-corrected chi connectivity index (χ3v) is 2.91. The topological polar surface area (TPSA) is 81.4 Å². The number of carbonyl (C=O) groups is 2. The van der Waals surface area contributed by atoms with Crippen molar-refractivity contribution in [2.75, 3.05) is 6.54 Å². The quantitative estimate of drug-likeness (QED) is 0.898. The predicted octanol–water partition coefficient (Wildman–Crippen LogP) is 1.81. The second-order valence-electron chi connectivity index (χ2n) is 4.13. The molecule has 0 saturated heterocycles.